The number of benzene rings is 2. The lowest BCUT2D eigenvalue weighted by molar-refractivity contribution is 0.123. The number of aliphatic hydroxyl groups excluding tert-OH is 1. The van der Waals surface area contributed by atoms with Crippen molar-refractivity contribution in [1.29, 1.82) is 0 Å². The normalized spacial score (nSPS) is 12.7. The zero-order valence-electron chi connectivity index (χ0n) is 15.3. The summed E-state index contributed by atoms with van der Waals surface area (Å²) in [6, 6.07) is 15.7. The Kier molecular flexibility index (Phi) is 7.73. The van der Waals surface area contributed by atoms with Crippen LogP contribution in [0.25, 0.3) is 0 Å². The number of ether oxygens (including phenoxy) is 2. The van der Waals surface area contributed by atoms with Gasteiger partial charge >= 0.3 is 0 Å². The first-order valence-corrected chi connectivity index (χ1v) is 9.28. The minimum absolute atomic E-state index is 0.148. The van der Waals surface area contributed by atoms with Gasteiger partial charge in [0.2, 0.25) is 0 Å². The van der Waals surface area contributed by atoms with Crippen molar-refractivity contribution < 1.29 is 19.0 Å². The zero-order chi connectivity index (χ0) is 19.0. The first-order valence-electron chi connectivity index (χ1n) is 8.75. The second-order valence-electron chi connectivity index (χ2n) is 6.66. The van der Waals surface area contributed by atoms with Gasteiger partial charge < -0.3 is 14.6 Å². The maximum atomic E-state index is 13.0. The van der Waals surface area contributed by atoms with E-state index in [2.05, 4.69) is 26.0 Å². The van der Waals surface area contributed by atoms with E-state index in [1.54, 1.807) is 0 Å². The van der Waals surface area contributed by atoms with Crippen LogP contribution in [0.15, 0.2) is 48.5 Å². The van der Waals surface area contributed by atoms with Gasteiger partial charge in [0.25, 0.3) is 0 Å². The third-order valence-corrected chi connectivity index (χ3v) is 4.59. The first-order chi connectivity index (χ1) is 12.5. The van der Waals surface area contributed by atoms with Crippen LogP contribution in [0, 0.1) is 0 Å². The van der Waals surface area contributed by atoms with Crippen LogP contribution in [0.3, 0.4) is 0 Å². The van der Waals surface area contributed by atoms with Gasteiger partial charge in [0.05, 0.1) is 13.2 Å². The lowest BCUT2D eigenvalue weighted by Crippen LogP contribution is -2.19. The number of rotatable bonds is 10. The third kappa shape index (κ3) is 5.61. The van der Waals surface area contributed by atoms with E-state index >= 15 is 0 Å². The van der Waals surface area contributed by atoms with Gasteiger partial charge in [-0.3, -0.25) is 0 Å². The van der Waals surface area contributed by atoms with Crippen molar-refractivity contribution in [2.24, 2.45) is 0 Å². The lowest BCUT2D eigenvalue weighted by Gasteiger charge is -2.26. The quantitative estimate of drug-likeness (QED) is 0.478. The van der Waals surface area contributed by atoms with Crippen molar-refractivity contribution >= 4 is 11.6 Å². The van der Waals surface area contributed by atoms with Crippen LogP contribution >= 0.6 is 11.6 Å². The van der Waals surface area contributed by atoms with Crippen LogP contribution in [0.2, 0.25) is 0 Å². The van der Waals surface area contributed by atoms with Crippen LogP contribution in [-0.2, 0) is 5.41 Å². The Hall–Kier alpha value is -1.78. The molecule has 0 bridgehead atoms. The van der Waals surface area contributed by atoms with Gasteiger partial charge in [-0.1, -0.05) is 38.1 Å². The molecule has 0 saturated heterocycles. The van der Waals surface area contributed by atoms with Crippen molar-refractivity contribution in [2.75, 3.05) is 25.7 Å². The molecular weight excluding hydrogens is 355 g/mol. The van der Waals surface area contributed by atoms with E-state index in [1.807, 2.05) is 36.4 Å². The Labute approximate surface area is 159 Å². The zero-order valence-corrected chi connectivity index (χ0v) is 16.0. The van der Waals surface area contributed by atoms with Crippen LogP contribution in [0.5, 0.6) is 11.5 Å². The molecule has 0 saturated carbocycles. The van der Waals surface area contributed by atoms with Crippen molar-refractivity contribution in [3.63, 3.8) is 0 Å². The second kappa shape index (κ2) is 9.79. The van der Waals surface area contributed by atoms with E-state index in [0.29, 0.717) is 18.2 Å². The van der Waals surface area contributed by atoms with Crippen molar-refractivity contribution in [3.8, 4) is 11.5 Å². The van der Waals surface area contributed by atoms with E-state index in [4.69, 9.17) is 26.2 Å². The molecule has 1 N–H and O–H groups in total. The lowest BCUT2D eigenvalue weighted by atomic mass is 9.78. The maximum Gasteiger partial charge on any atom is 0.157 e. The Morgan fingerprint density at radius 2 is 1.46 bits per heavy atom. The molecule has 0 amide bonds. The molecule has 0 radical (unpaired) electrons. The molecule has 0 spiro atoms. The van der Waals surface area contributed by atoms with Gasteiger partial charge in [-0.25, -0.2) is 4.39 Å². The summed E-state index contributed by atoms with van der Waals surface area (Å²) in [7, 11) is 0. The number of hydrogen-bond donors (Lipinski definition) is 1. The van der Waals surface area contributed by atoms with Crippen LogP contribution < -0.4 is 9.47 Å². The van der Waals surface area contributed by atoms with Gasteiger partial charge in [0.15, 0.2) is 6.17 Å². The number of alkyl halides is 2. The number of aliphatic hydroxyl groups is 1. The van der Waals surface area contributed by atoms with E-state index in [0.717, 1.165) is 17.7 Å². The Balaban J connectivity index is 2.04. The smallest absolute Gasteiger partial charge is 0.157 e. The van der Waals surface area contributed by atoms with Gasteiger partial charge in [-0.15, -0.1) is 11.6 Å². The molecule has 3 nitrogen and oxygen atoms in total. The monoisotopic (exact) mass is 380 g/mol. The first kappa shape index (κ1) is 20.5. The summed E-state index contributed by atoms with van der Waals surface area (Å²) >= 11 is 5.66. The van der Waals surface area contributed by atoms with Crippen molar-refractivity contribution in [1.82, 2.24) is 0 Å². The SMILES string of the molecule is CC(C)(c1ccc(OCCCCl)cc1)c1ccc(OCC(F)CO)cc1. The van der Waals surface area contributed by atoms with E-state index in [-0.39, 0.29) is 12.0 Å². The Morgan fingerprint density at radius 1 is 0.962 bits per heavy atom. The van der Waals surface area contributed by atoms with Crippen molar-refractivity contribution in [2.45, 2.75) is 31.9 Å². The molecule has 26 heavy (non-hydrogen) atoms. The van der Waals surface area contributed by atoms with Gasteiger partial charge in [-0.2, -0.15) is 0 Å². The highest BCUT2D eigenvalue weighted by atomic mass is 35.5. The molecule has 0 aliphatic heterocycles. The van der Waals surface area contributed by atoms with Gasteiger partial charge in [-0.05, 0) is 41.8 Å². The fourth-order valence-electron chi connectivity index (χ4n) is 2.59. The minimum atomic E-state index is -1.36. The average Bonchev–Trinajstić information content (AvgIpc) is 2.67. The highest BCUT2D eigenvalue weighted by molar-refractivity contribution is 6.17. The molecule has 5 heteroatoms. The average molecular weight is 381 g/mol. The molecule has 2 rings (SSSR count). The molecular formula is C21H26ClFO3. The van der Waals surface area contributed by atoms with E-state index < -0.39 is 12.8 Å². The summed E-state index contributed by atoms with van der Waals surface area (Å²) in [5, 5.41) is 8.70. The van der Waals surface area contributed by atoms with Crippen molar-refractivity contribution in [3.05, 3.63) is 59.7 Å². The highest BCUT2D eigenvalue weighted by Gasteiger charge is 2.23. The standard InChI is InChI=1S/C21H26ClFO3/c1-21(2,16-4-8-19(9-5-16)25-13-3-12-22)17-6-10-20(11-7-17)26-15-18(23)14-24/h4-11,18,24H,3,12-15H2,1-2H3. The summed E-state index contributed by atoms with van der Waals surface area (Å²) in [6.07, 6.45) is -0.540. The number of halogens is 2. The number of hydrogen-bond acceptors (Lipinski definition) is 3. The molecule has 0 aromatic heterocycles. The maximum absolute atomic E-state index is 13.0. The van der Waals surface area contributed by atoms with E-state index in [9.17, 15) is 4.39 Å². The minimum Gasteiger partial charge on any atom is -0.494 e. The fraction of sp³-hybridized carbons (Fsp3) is 0.429. The molecule has 0 fully saturated rings. The summed E-state index contributed by atoms with van der Waals surface area (Å²) in [4.78, 5) is 0. The van der Waals surface area contributed by atoms with Gasteiger partial charge in [0.1, 0.15) is 18.1 Å². The van der Waals surface area contributed by atoms with Gasteiger partial charge in [0, 0.05) is 11.3 Å². The molecule has 2 aromatic rings. The Bertz CT molecular complexity index is 656. The molecule has 0 aliphatic rings. The van der Waals surface area contributed by atoms with Crippen LogP contribution in [0.1, 0.15) is 31.4 Å². The summed E-state index contributed by atoms with van der Waals surface area (Å²) in [6.45, 7) is 4.23. The summed E-state index contributed by atoms with van der Waals surface area (Å²) < 4.78 is 24.0. The molecule has 2 aromatic carbocycles. The molecule has 0 heterocycles. The topological polar surface area (TPSA) is 38.7 Å². The summed E-state index contributed by atoms with van der Waals surface area (Å²) in [5.41, 5.74) is 2.10. The van der Waals surface area contributed by atoms with E-state index in [1.165, 1.54) is 5.56 Å². The summed E-state index contributed by atoms with van der Waals surface area (Å²) in [5.74, 6) is 2.02. The second-order valence-corrected chi connectivity index (χ2v) is 7.03. The molecule has 0 aliphatic carbocycles. The largest absolute Gasteiger partial charge is 0.494 e. The molecule has 1 unspecified atom stereocenters. The van der Waals surface area contributed by atoms with Crippen LogP contribution in [0.4, 0.5) is 4.39 Å². The third-order valence-electron chi connectivity index (χ3n) is 4.33. The predicted octanol–water partition coefficient (Wildman–Crippen LogP) is 4.73. The van der Waals surface area contributed by atoms with Crippen LogP contribution in [-0.4, -0.2) is 37.0 Å². The molecule has 1 atom stereocenters. The Morgan fingerprint density at radius 3 is 1.92 bits per heavy atom. The predicted molar refractivity (Wildman–Crippen MR) is 103 cm³/mol. The fourth-order valence-corrected chi connectivity index (χ4v) is 2.70. The highest BCUT2D eigenvalue weighted by Crippen LogP contribution is 2.33. The molecule has 142 valence electrons.